The summed E-state index contributed by atoms with van der Waals surface area (Å²) in [5.74, 6) is 0.442. The van der Waals surface area contributed by atoms with Gasteiger partial charge in [-0.15, -0.1) is 0 Å². The standard InChI is InChI=1S/C18H18O5/c1-21-15-9-5-4-8-13(15)14(18(19)20)11-12-7-6-10-16(22-2)17(12)23-3/h4-11H,1-3H3,(H,19,20)/b14-11-. The number of rotatable bonds is 6. The number of hydrogen-bond donors (Lipinski definition) is 1. The predicted molar refractivity (Wildman–Crippen MR) is 88.0 cm³/mol. The Labute approximate surface area is 134 Å². The third kappa shape index (κ3) is 3.45. The highest BCUT2D eigenvalue weighted by atomic mass is 16.5. The SMILES string of the molecule is COc1ccccc1/C(=C/c1cccc(OC)c1OC)C(=O)O. The Hall–Kier alpha value is -2.95. The molecule has 0 unspecified atom stereocenters. The van der Waals surface area contributed by atoms with Gasteiger partial charge < -0.3 is 19.3 Å². The van der Waals surface area contributed by atoms with Crippen molar-refractivity contribution in [3.8, 4) is 17.2 Å². The van der Waals surface area contributed by atoms with Gasteiger partial charge in [-0.3, -0.25) is 0 Å². The predicted octanol–water partition coefficient (Wildman–Crippen LogP) is 3.34. The van der Waals surface area contributed by atoms with E-state index in [9.17, 15) is 9.90 Å². The lowest BCUT2D eigenvalue weighted by molar-refractivity contribution is -0.130. The number of benzene rings is 2. The van der Waals surface area contributed by atoms with Crippen molar-refractivity contribution in [2.45, 2.75) is 0 Å². The van der Waals surface area contributed by atoms with Gasteiger partial charge in [-0.1, -0.05) is 30.3 Å². The van der Waals surface area contributed by atoms with E-state index in [2.05, 4.69) is 0 Å². The maximum atomic E-state index is 11.7. The van der Waals surface area contributed by atoms with E-state index in [-0.39, 0.29) is 5.57 Å². The average Bonchev–Trinajstić information content (AvgIpc) is 2.58. The summed E-state index contributed by atoms with van der Waals surface area (Å²) in [7, 11) is 4.55. The van der Waals surface area contributed by atoms with Crippen LogP contribution in [0.3, 0.4) is 0 Å². The first-order valence-electron chi connectivity index (χ1n) is 6.91. The molecule has 2 aromatic carbocycles. The summed E-state index contributed by atoms with van der Waals surface area (Å²) < 4.78 is 15.8. The van der Waals surface area contributed by atoms with Gasteiger partial charge in [0.25, 0.3) is 0 Å². The molecule has 2 rings (SSSR count). The first-order chi connectivity index (χ1) is 11.1. The number of carboxylic acid groups (broad SMARTS) is 1. The highest BCUT2D eigenvalue weighted by Gasteiger charge is 2.17. The zero-order valence-corrected chi connectivity index (χ0v) is 13.2. The molecular formula is C18H18O5. The fourth-order valence-corrected chi connectivity index (χ4v) is 2.30. The summed E-state index contributed by atoms with van der Waals surface area (Å²) in [5.41, 5.74) is 1.21. The number of methoxy groups -OCH3 is 3. The molecule has 0 spiro atoms. The molecular weight excluding hydrogens is 296 g/mol. The van der Waals surface area contributed by atoms with Crippen molar-refractivity contribution in [3.05, 3.63) is 53.6 Å². The van der Waals surface area contributed by atoms with E-state index in [1.54, 1.807) is 48.5 Å². The van der Waals surface area contributed by atoms with Crippen LogP contribution in [0.15, 0.2) is 42.5 Å². The zero-order valence-electron chi connectivity index (χ0n) is 13.2. The minimum absolute atomic E-state index is 0.106. The van der Waals surface area contributed by atoms with E-state index < -0.39 is 5.97 Å². The molecule has 0 aromatic heterocycles. The molecule has 0 saturated heterocycles. The molecule has 0 aliphatic carbocycles. The molecule has 0 atom stereocenters. The highest BCUT2D eigenvalue weighted by molar-refractivity contribution is 6.21. The summed E-state index contributed by atoms with van der Waals surface area (Å²) in [6, 6.07) is 12.3. The molecule has 0 fully saturated rings. The minimum Gasteiger partial charge on any atom is -0.496 e. The van der Waals surface area contributed by atoms with Gasteiger partial charge in [-0.2, -0.15) is 0 Å². The van der Waals surface area contributed by atoms with Crippen LogP contribution in [0, 0.1) is 0 Å². The first-order valence-corrected chi connectivity index (χ1v) is 6.91. The molecule has 0 radical (unpaired) electrons. The smallest absolute Gasteiger partial charge is 0.336 e. The lowest BCUT2D eigenvalue weighted by Crippen LogP contribution is -2.02. The van der Waals surface area contributed by atoms with Crippen LogP contribution in [0.5, 0.6) is 17.2 Å². The number of para-hydroxylation sites is 2. The maximum Gasteiger partial charge on any atom is 0.336 e. The van der Waals surface area contributed by atoms with E-state index >= 15 is 0 Å². The Morgan fingerprint density at radius 2 is 1.57 bits per heavy atom. The zero-order chi connectivity index (χ0) is 16.8. The summed E-state index contributed by atoms with van der Waals surface area (Å²) in [6.45, 7) is 0. The molecule has 0 bridgehead atoms. The van der Waals surface area contributed by atoms with E-state index in [4.69, 9.17) is 14.2 Å². The number of carboxylic acids is 1. The Bertz CT molecular complexity index is 734. The second kappa shape index (κ2) is 7.35. The lowest BCUT2D eigenvalue weighted by Gasteiger charge is -2.12. The van der Waals surface area contributed by atoms with Crippen molar-refractivity contribution in [1.82, 2.24) is 0 Å². The van der Waals surface area contributed by atoms with E-state index in [0.29, 0.717) is 28.4 Å². The molecule has 0 amide bonds. The Morgan fingerprint density at radius 3 is 2.17 bits per heavy atom. The number of ether oxygens (including phenoxy) is 3. The largest absolute Gasteiger partial charge is 0.496 e. The summed E-state index contributed by atoms with van der Waals surface area (Å²) in [6.07, 6.45) is 1.54. The third-order valence-electron chi connectivity index (χ3n) is 3.36. The fraction of sp³-hybridized carbons (Fsp3) is 0.167. The summed E-state index contributed by atoms with van der Waals surface area (Å²) in [5, 5.41) is 9.60. The summed E-state index contributed by atoms with van der Waals surface area (Å²) in [4.78, 5) is 11.7. The van der Waals surface area contributed by atoms with Crippen LogP contribution >= 0.6 is 0 Å². The van der Waals surface area contributed by atoms with Gasteiger partial charge in [0.1, 0.15) is 5.75 Å². The molecule has 0 aliphatic rings. The molecule has 0 heterocycles. The molecule has 120 valence electrons. The second-order valence-corrected chi connectivity index (χ2v) is 4.65. The van der Waals surface area contributed by atoms with E-state index in [1.165, 1.54) is 21.3 Å². The molecule has 0 aliphatic heterocycles. The van der Waals surface area contributed by atoms with Crippen molar-refractivity contribution in [2.24, 2.45) is 0 Å². The molecule has 2 aromatic rings. The van der Waals surface area contributed by atoms with Crippen molar-refractivity contribution in [1.29, 1.82) is 0 Å². The van der Waals surface area contributed by atoms with Crippen molar-refractivity contribution >= 4 is 17.6 Å². The van der Waals surface area contributed by atoms with Gasteiger partial charge in [0.05, 0.1) is 26.9 Å². The van der Waals surface area contributed by atoms with Crippen LogP contribution in [-0.2, 0) is 4.79 Å². The van der Waals surface area contributed by atoms with E-state index in [1.807, 2.05) is 0 Å². The van der Waals surface area contributed by atoms with Crippen LogP contribution in [0.1, 0.15) is 11.1 Å². The van der Waals surface area contributed by atoms with Crippen LogP contribution in [0.2, 0.25) is 0 Å². The van der Waals surface area contributed by atoms with Crippen molar-refractivity contribution in [2.75, 3.05) is 21.3 Å². The second-order valence-electron chi connectivity index (χ2n) is 4.65. The van der Waals surface area contributed by atoms with Gasteiger partial charge in [0.15, 0.2) is 11.5 Å². The lowest BCUT2D eigenvalue weighted by atomic mass is 10.0. The van der Waals surface area contributed by atoms with Crippen LogP contribution in [-0.4, -0.2) is 32.4 Å². The molecule has 5 heteroatoms. The Balaban J connectivity index is 2.63. The maximum absolute atomic E-state index is 11.7. The van der Waals surface area contributed by atoms with E-state index in [0.717, 1.165) is 0 Å². The molecule has 5 nitrogen and oxygen atoms in total. The van der Waals surface area contributed by atoms with Gasteiger partial charge in [-0.05, 0) is 18.2 Å². The molecule has 23 heavy (non-hydrogen) atoms. The summed E-state index contributed by atoms with van der Waals surface area (Å²) >= 11 is 0. The van der Waals surface area contributed by atoms with Gasteiger partial charge in [-0.25, -0.2) is 4.79 Å². The minimum atomic E-state index is -1.06. The fourth-order valence-electron chi connectivity index (χ4n) is 2.30. The van der Waals surface area contributed by atoms with Crippen LogP contribution < -0.4 is 14.2 Å². The topological polar surface area (TPSA) is 65.0 Å². The third-order valence-corrected chi connectivity index (χ3v) is 3.36. The van der Waals surface area contributed by atoms with Gasteiger partial charge in [0.2, 0.25) is 0 Å². The molecule has 0 saturated carbocycles. The van der Waals surface area contributed by atoms with Gasteiger partial charge >= 0.3 is 5.97 Å². The highest BCUT2D eigenvalue weighted by Crippen LogP contribution is 2.35. The number of aliphatic carboxylic acids is 1. The monoisotopic (exact) mass is 314 g/mol. The van der Waals surface area contributed by atoms with Crippen LogP contribution in [0.4, 0.5) is 0 Å². The Morgan fingerprint density at radius 1 is 0.913 bits per heavy atom. The number of hydrogen-bond acceptors (Lipinski definition) is 4. The van der Waals surface area contributed by atoms with Gasteiger partial charge in [0, 0.05) is 11.1 Å². The molecule has 1 N–H and O–H groups in total. The Kier molecular flexibility index (Phi) is 5.25. The quantitative estimate of drug-likeness (QED) is 0.654. The normalized spacial score (nSPS) is 11.0. The van der Waals surface area contributed by atoms with Crippen molar-refractivity contribution < 1.29 is 24.1 Å². The van der Waals surface area contributed by atoms with Crippen molar-refractivity contribution in [3.63, 3.8) is 0 Å². The first kappa shape index (κ1) is 16.4. The number of carbonyl (C=O) groups is 1. The average molecular weight is 314 g/mol. The van der Waals surface area contributed by atoms with Crippen LogP contribution in [0.25, 0.3) is 11.6 Å².